The van der Waals surface area contributed by atoms with Gasteiger partial charge < -0.3 is 19.2 Å². The molecule has 0 aliphatic rings. The molecule has 2 aromatic heterocycles. The number of nitrogens with one attached hydrogen (secondary N) is 1. The molecule has 0 aliphatic heterocycles. The van der Waals surface area contributed by atoms with Crippen LogP contribution in [-0.2, 0) is 16.0 Å². The van der Waals surface area contributed by atoms with Gasteiger partial charge >= 0.3 is 0 Å². The molecule has 0 unspecified atom stereocenters. The van der Waals surface area contributed by atoms with Crippen molar-refractivity contribution in [1.82, 2.24) is 14.7 Å². The maximum absolute atomic E-state index is 5.09. The Balaban J connectivity index is 1.90. The summed E-state index contributed by atoms with van der Waals surface area (Å²) in [5, 5.41) is 3.24. The molecule has 5 heteroatoms. The minimum Gasteiger partial charge on any atom is -0.355 e. The number of imidazole rings is 1. The van der Waals surface area contributed by atoms with Gasteiger partial charge in [-0.25, -0.2) is 4.98 Å². The molecular formula is C12H17N3O2. The zero-order chi connectivity index (χ0) is 12.1. The lowest BCUT2D eigenvalue weighted by molar-refractivity contribution is -0.0989. The molecule has 17 heavy (non-hydrogen) atoms. The molecule has 0 spiro atoms. The molecule has 92 valence electrons. The highest BCUT2D eigenvalue weighted by Gasteiger charge is 2.05. The third-order valence-corrected chi connectivity index (χ3v) is 2.56. The summed E-state index contributed by atoms with van der Waals surface area (Å²) < 4.78 is 12.2. The lowest BCUT2D eigenvalue weighted by atomic mass is 10.4. The monoisotopic (exact) mass is 235 g/mol. The Labute approximate surface area is 100 Å². The Hall–Kier alpha value is -1.43. The van der Waals surface area contributed by atoms with E-state index in [0.29, 0.717) is 13.1 Å². The largest absolute Gasteiger partial charge is 0.355 e. The van der Waals surface area contributed by atoms with Crippen molar-refractivity contribution in [2.45, 2.75) is 12.8 Å². The van der Waals surface area contributed by atoms with Gasteiger partial charge in [0.1, 0.15) is 5.65 Å². The minimum absolute atomic E-state index is 0.216. The lowest BCUT2D eigenvalue weighted by Gasteiger charge is -2.13. The van der Waals surface area contributed by atoms with E-state index in [-0.39, 0.29) is 6.29 Å². The zero-order valence-electron chi connectivity index (χ0n) is 10.1. The summed E-state index contributed by atoms with van der Waals surface area (Å²) in [7, 11) is 3.25. The summed E-state index contributed by atoms with van der Waals surface area (Å²) in [5.41, 5.74) is 1.96. The number of aromatic nitrogens is 2. The van der Waals surface area contributed by atoms with Crippen LogP contribution in [0.4, 0.5) is 0 Å². The Morgan fingerprint density at radius 1 is 1.35 bits per heavy atom. The first-order valence-electron chi connectivity index (χ1n) is 5.52. The molecule has 0 aliphatic carbocycles. The first-order valence-corrected chi connectivity index (χ1v) is 5.52. The number of pyridine rings is 1. The number of methoxy groups -OCH3 is 2. The fourth-order valence-electron chi connectivity index (χ4n) is 1.65. The molecule has 0 saturated carbocycles. The summed E-state index contributed by atoms with van der Waals surface area (Å²) in [6.45, 7) is 1.34. The molecule has 1 N–H and O–H groups in total. The van der Waals surface area contributed by atoms with Gasteiger partial charge in [0, 0.05) is 39.7 Å². The smallest absolute Gasteiger partial charge is 0.169 e. The predicted octanol–water partition coefficient (Wildman–Crippen LogP) is 1.04. The van der Waals surface area contributed by atoms with Crippen LogP contribution in [-0.4, -0.2) is 36.4 Å². The van der Waals surface area contributed by atoms with Gasteiger partial charge in [-0.05, 0) is 12.1 Å². The molecule has 0 amide bonds. The SMILES string of the molecule is COC(CNCc1cn2ccccc2n1)OC. The van der Waals surface area contributed by atoms with Gasteiger partial charge in [0.05, 0.1) is 5.69 Å². The van der Waals surface area contributed by atoms with Crippen LogP contribution in [0.5, 0.6) is 0 Å². The quantitative estimate of drug-likeness (QED) is 0.760. The summed E-state index contributed by atoms with van der Waals surface area (Å²) in [4.78, 5) is 4.48. The summed E-state index contributed by atoms with van der Waals surface area (Å²) in [6, 6.07) is 5.94. The van der Waals surface area contributed by atoms with Crippen molar-refractivity contribution in [2.24, 2.45) is 0 Å². The van der Waals surface area contributed by atoms with E-state index in [2.05, 4.69) is 10.3 Å². The first kappa shape index (κ1) is 12.0. The van der Waals surface area contributed by atoms with Crippen LogP contribution in [0.15, 0.2) is 30.6 Å². The first-order chi connectivity index (χ1) is 8.33. The van der Waals surface area contributed by atoms with Gasteiger partial charge in [0.2, 0.25) is 0 Å². The standard InChI is InChI=1S/C12H17N3O2/c1-16-12(17-2)8-13-7-10-9-15-6-4-3-5-11(15)14-10/h3-6,9,12-13H,7-8H2,1-2H3. The highest BCUT2D eigenvalue weighted by molar-refractivity contribution is 5.39. The third-order valence-electron chi connectivity index (χ3n) is 2.56. The number of hydrogen-bond donors (Lipinski definition) is 1. The highest BCUT2D eigenvalue weighted by atomic mass is 16.7. The van der Waals surface area contributed by atoms with Crippen molar-refractivity contribution in [1.29, 1.82) is 0 Å². The van der Waals surface area contributed by atoms with E-state index < -0.39 is 0 Å². The van der Waals surface area contributed by atoms with Gasteiger partial charge in [-0.1, -0.05) is 6.07 Å². The second-order valence-corrected chi connectivity index (χ2v) is 3.73. The van der Waals surface area contributed by atoms with Gasteiger partial charge in [-0.3, -0.25) is 0 Å². The number of nitrogens with zero attached hydrogens (tertiary/aromatic N) is 2. The number of ether oxygens (including phenoxy) is 2. The fourth-order valence-corrected chi connectivity index (χ4v) is 1.65. The van der Waals surface area contributed by atoms with Crippen molar-refractivity contribution in [2.75, 3.05) is 20.8 Å². The molecule has 2 rings (SSSR count). The van der Waals surface area contributed by atoms with E-state index in [1.807, 2.05) is 35.0 Å². The summed E-state index contributed by atoms with van der Waals surface area (Å²) in [5.74, 6) is 0. The number of hydrogen-bond acceptors (Lipinski definition) is 4. The second kappa shape index (κ2) is 5.77. The zero-order valence-corrected chi connectivity index (χ0v) is 10.1. The predicted molar refractivity (Wildman–Crippen MR) is 64.7 cm³/mol. The maximum atomic E-state index is 5.09. The van der Waals surface area contributed by atoms with Crippen LogP contribution in [0.2, 0.25) is 0 Å². The summed E-state index contributed by atoms with van der Waals surface area (Å²) >= 11 is 0. The van der Waals surface area contributed by atoms with Crippen molar-refractivity contribution in [3.63, 3.8) is 0 Å². The molecule has 0 radical (unpaired) electrons. The average Bonchev–Trinajstić information content (AvgIpc) is 2.77. The van der Waals surface area contributed by atoms with E-state index in [1.165, 1.54) is 0 Å². The normalized spacial score (nSPS) is 11.5. The van der Waals surface area contributed by atoms with Gasteiger partial charge in [-0.2, -0.15) is 0 Å². The van der Waals surface area contributed by atoms with Gasteiger partial charge in [0.25, 0.3) is 0 Å². The molecular weight excluding hydrogens is 218 g/mol. The Kier molecular flexibility index (Phi) is 4.08. The van der Waals surface area contributed by atoms with Crippen molar-refractivity contribution in [3.8, 4) is 0 Å². The van der Waals surface area contributed by atoms with Crippen LogP contribution in [0.25, 0.3) is 5.65 Å². The molecule has 2 heterocycles. The molecule has 2 aromatic rings. The molecule has 5 nitrogen and oxygen atoms in total. The van der Waals surface area contributed by atoms with Crippen LogP contribution >= 0.6 is 0 Å². The molecule has 0 aromatic carbocycles. The Morgan fingerprint density at radius 2 is 2.18 bits per heavy atom. The Morgan fingerprint density at radius 3 is 2.88 bits per heavy atom. The van der Waals surface area contributed by atoms with Crippen LogP contribution < -0.4 is 5.32 Å². The third kappa shape index (κ3) is 3.03. The summed E-state index contributed by atoms with van der Waals surface area (Å²) in [6.07, 6.45) is 3.78. The molecule has 0 bridgehead atoms. The van der Waals surface area contributed by atoms with Crippen LogP contribution in [0.3, 0.4) is 0 Å². The fraction of sp³-hybridized carbons (Fsp3) is 0.417. The number of rotatable bonds is 6. The Bertz CT molecular complexity index is 432. The van der Waals surface area contributed by atoms with Crippen LogP contribution in [0, 0.1) is 0 Å². The van der Waals surface area contributed by atoms with Gasteiger partial charge in [-0.15, -0.1) is 0 Å². The van der Waals surface area contributed by atoms with Crippen molar-refractivity contribution < 1.29 is 9.47 Å². The number of fused-ring (bicyclic) bond motifs is 1. The average molecular weight is 235 g/mol. The maximum Gasteiger partial charge on any atom is 0.169 e. The minimum atomic E-state index is -0.216. The topological polar surface area (TPSA) is 47.8 Å². The van der Waals surface area contributed by atoms with E-state index in [0.717, 1.165) is 11.3 Å². The van der Waals surface area contributed by atoms with Crippen LogP contribution in [0.1, 0.15) is 5.69 Å². The lowest BCUT2D eigenvalue weighted by Crippen LogP contribution is -2.29. The van der Waals surface area contributed by atoms with E-state index >= 15 is 0 Å². The van der Waals surface area contributed by atoms with Crippen molar-refractivity contribution in [3.05, 3.63) is 36.3 Å². The van der Waals surface area contributed by atoms with Gasteiger partial charge in [0.15, 0.2) is 6.29 Å². The molecule has 0 atom stereocenters. The van der Waals surface area contributed by atoms with E-state index in [4.69, 9.17) is 9.47 Å². The molecule has 0 fully saturated rings. The molecule has 0 saturated heterocycles. The second-order valence-electron chi connectivity index (χ2n) is 3.73. The van der Waals surface area contributed by atoms with E-state index in [9.17, 15) is 0 Å². The van der Waals surface area contributed by atoms with Crippen molar-refractivity contribution >= 4 is 5.65 Å². The van der Waals surface area contributed by atoms with E-state index in [1.54, 1.807) is 14.2 Å². The highest BCUT2D eigenvalue weighted by Crippen LogP contribution is 2.04.